The third kappa shape index (κ3) is 6.03. The van der Waals surface area contributed by atoms with E-state index in [0.29, 0.717) is 6.42 Å². The molecule has 0 aliphatic heterocycles. The van der Waals surface area contributed by atoms with Crippen molar-refractivity contribution < 1.29 is 8.42 Å². The third-order valence-electron chi connectivity index (χ3n) is 3.75. The van der Waals surface area contributed by atoms with Crippen molar-refractivity contribution in [1.82, 2.24) is 4.72 Å². The second kappa shape index (κ2) is 8.21. The lowest BCUT2D eigenvalue weighted by Gasteiger charge is -2.29. The number of benzene rings is 2. The first-order valence-corrected chi connectivity index (χ1v) is 10.5. The standard InChI is InChI=1S/C20H25NO2S2/c1-5-17(24-18-9-7-6-8-10-18)15-20(3,4)21-25(22,23)19-13-11-16(2)12-14-19/h5-14,17,21H,1,15H2,2-4H3. The van der Waals surface area contributed by atoms with Gasteiger partial charge in [-0.1, -0.05) is 42.0 Å². The van der Waals surface area contributed by atoms with Gasteiger partial charge in [-0.05, 0) is 51.5 Å². The highest BCUT2D eigenvalue weighted by atomic mass is 32.2. The lowest BCUT2D eigenvalue weighted by atomic mass is 10.00. The molecule has 0 fully saturated rings. The van der Waals surface area contributed by atoms with Gasteiger partial charge in [0.1, 0.15) is 0 Å². The number of aryl methyl sites for hydroxylation is 1. The van der Waals surface area contributed by atoms with Crippen LogP contribution in [0, 0.1) is 6.92 Å². The van der Waals surface area contributed by atoms with Gasteiger partial charge in [0.25, 0.3) is 0 Å². The number of hydrogen-bond donors (Lipinski definition) is 1. The van der Waals surface area contributed by atoms with Gasteiger partial charge in [0.05, 0.1) is 4.90 Å². The average Bonchev–Trinajstić information content (AvgIpc) is 2.54. The molecule has 3 nitrogen and oxygen atoms in total. The van der Waals surface area contributed by atoms with Crippen LogP contribution in [0.5, 0.6) is 0 Å². The van der Waals surface area contributed by atoms with Gasteiger partial charge in [-0.15, -0.1) is 18.3 Å². The Kier molecular flexibility index (Phi) is 6.49. The summed E-state index contributed by atoms with van der Waals surface area (Å²) in [6, 6.07) is 16.9. The first-order chi connectivity index (χ1) is 11.7. The van der Waals surface area contributed by atoms with Crippen molar-refractivity contribution in [3.8, 4) is 0 Å². The Labute approximate surface area is 155 Å². The fourth-order valence-electron chi connectivity index (χ4n) is 2.53. The van der Waals surface area contributed by atoms with E-state index >= 15 is 0 Å². The topological polar surface area (TPSA) is 46.2 Å². The molecular formula is C20H25NO2S2. The molecule has 1 atom stereocenters. The number of rotatable bonds is 8. The predicted molar refractivity (Wildman–Crippen MR) is 106 cm³/mol. The molecule has 1 N–H and O–H groups in total. The predicted octanol–water partition coefficient (Wildman–Crippen LogP) is 4.79. The second-order valence-electron chi connectivity index (χ2n) is 6.71. The number of sulfonamides is 1. The van der Waals surface area contributed by atoms with Crippen LogP contribution >= 0.6 is 11.8 Å². The molecule has 134 valence electrons. The Balaban J connectivity index is 2.08. The van der Waals surface area contributed by atoms with Crippen molar-refractivity contribution >= 4 is 21.8 Å². The van der Waals surface area contributed by atoms with Gasteiger partial charge in [-0.25, -0.2) is 13.1 Å². The summed E-state index contributed by atoms with van der Waals surface area (Å²) >= 11 is 1.69. The van der Waals surface area contributed by atoms with E-state index < -0.39 is 15.6 Å². The van der Waals surface area contributed by atoms with Crippen LogP contribution in [0.2, 0.25) is 0 Å². The van der Waals surface area contributed by atoms with Crippen molar-refractivity contribution in [1.29, 1.82) is 0 Å². The number of thioether (sulfide) groups is 1. The van der Waals surface area contributed by atoms with E-state index in [-0.39, 0.29) is 10.1 Å². The van der Waals surface area contributed by atoms with Crippen LogP contribution in [0.15, 0.2) is 77.0 Å². The highest BCUT2D eigenvalue weighted by Gasteiger charge is 2.28. The molecule has 2 aromatic rings. The highest BCUT2D eigenvalue weighted by molar-refractivity contribution is 8.00. The van der Waals surface area contributed by atoms with Crippen LogP contribution in [0.4, 0.5) is 0 Å². The van der Waals surface area contributed by atoms with Crippen molar-refractivity contribution in [3.05, 3.63) is 72.8 Å². The molecule has 0 aliphatic rings. The third-order valence-corrected chi connectivity index (χ3v) is 6.67. The molecule has 0 aromatic heterocycles. The Morgan fingerprint density at radius 3 is 2.28 bits per heavy atom. The molecule has 0 saturated carbocycles. The first kappa shape index (κ1) is 19.8. The monoisotopic (exact) mass is 375 g/mol. The molecule has 0 aliphatic carbocycles. The van der Waals surface area contributed by atoms with Crippen LogP contribution in [-0.2, 0) is 10.0 Å². The van der Waals surface area contributed by atoms with Crippen molar-refractivity contribution in [2.75, 3.05) is 0 Å². The van der Waals surface area contributed by atoms with Crippen LogP contribution in [0.3, 0.4) is 0 Å². The molecule has 2 aromatic carbocycles. The second-order valence-corrected chi connectivity index (χ2v) is 9.71. The maximum Gasteiger partial charge on any atom is 0.241 e. The molecule has 5 heteroatoms. The number of hydrogen-bond acceptors (Lipinski definition) is 3. The fourth-order valence-corrected chi connectivity index (χ4v) is 5.21. The van der Waals surface area contributed by atoms with E-state index in [2.05, 4.69) is 11.3 Å². The van der Waals surface area contributed by atoms with Crippen LogP contribution in [0.1, 0.15) is 25.8 Å². The fraction of sp³-hybridized carbons (Fsp3) is 0.300. The molecule has 0 amide bonds. The summed E-state index contributed by atoms with van der Waals surface area (Å²) < 4.78 is 28.1. The molecule has 25 heavy (non-hydrogen) atoms. The van der Waals surface area contributed by atoms with Crippen LogP contribution in [-0.4, -0.2) is 19.2 Å². The zero-order valence-electron chi connectivity index (χ0n) is 14.9. The van der Waals surface area contributed by atoms with E-state index in [0.717, 1.165) is 10.5 Å². The van der Waals surface area contributed by atoms with Crippen LogP contribution < -0.4 is 4.72 Å². The Morgan fingerprint density at radius 2 is 1.72 bits per heavy atom. The lowest BCUT2D eigenvalue weighted by molar-refractivity contribution is 0.429. The van der Waals surface area contributed by atoms with E-state index in [4.69, 9.17) is 0 Å². The van der Waals surface area contributed by atoms with Crippen molar-refractivity contribution in [2.45, 2.75) is 47.8 Å². The van der Waals surface area contributed by atoms with Gasteiger partial charge in [-0.2, -0.15) is 0 Å². The Bertz CT molecular complexity index is 797. The summed E-state index contributed by atoms with van der Waals surface area (Å²) in [5, 5.41) is 0.109. The summed E-state index contributed by atoms with van der Waals surface area (Å²) in [4.78, 5) is 1.43. The smallest absolute Gasteiger partial charge is 0.207 e. The maximum absolute atomic E-state index is 12.6. The first-order valence-electron chi connectivity index (χ1n) is 8.17. The van der Waals surface area contributed by atoms with Crippen molar-refractivity contribution in [3.63, 3.8) is 0 Å². The largest absolute Gasteiger partial charge is 0.241 e. The van der Waals surface area contributed by atoms with Gasteiger partial charge < -0.3 is 0 Å². The van der Waals surface area contributed by atoms with E-state index in [1.165, 1.54) is 0 Å². The molecular weight excluding hydrogens is 350 g/mol. The molecule has 1 unspecified atom stereocenters. The SMILES string of the molecule is C=CC(CC(C)(C)NS(=O)(=O)c1ccc(C)cc1)Sc1ccccc1. The van der Waals surface area contributed by atoms with Gasteiger partial charge in [0.15, 0.2) is 0 Å². The van der Waals surface area contributed by atoms with E-state index in [1.54, 1.807) is 36.0 Å². The zero-order valence-corrected chi connectivity index (χ0v) is 16.5. The van der Waals surface area contributed by atoms with Gasteiger partial charge in [-0.3, -0.25) is 0 Å². The summed E-state index contributed by atoms with van der Waals surface area (Å²) in [6.07, 6.45) is 2.51. The summed E-state index contributed by atoms with van der Waals surface area (Å²) in [7, 11) is -3.55. The van der Waals surface area contributed by atoms with Crippen molar-refractivity contribution in [2.24, 2.45) is 0 Å². The van der Waals surface area contributed by atoms with E-state index in [9.17, 15) is 8.42 Å². The summed E-state index contributed by atoms with van der Waals surface area (Å²) in [6.45, 7) is 9.65. The summed E-state index contributed by atoms with van der Waals surface area (Å²) in [5.41, 5.74) is 0.439. The Morgan fingerprint density at radius 1 is 1.12 bits per heavy atom. The molecule has 0 heterocycles. The average molecular weight is 376 g/mol. The molecule has 2 rings (SSSR count). The minimum atomic E-state index is -3.55. The normalized spacial score (nSPS) is 13.4. The Hall–Kier alpha value is -1.56. The van der Waals surface area contributed by atoms with Gasteiger partial charge in [0.2, 0.25) is 10.0 Å². The molecule has 0 saturated heterocycles. The quantitative estimate of drug-likeness (QED) is 0.533. The number of nitrogens with one attached hydrogen (secondary N) is 1. The van der Waals surface area contributed by atoms with Gasteiger partial charge >= 0.3 is 0 Å². The highest BCUT2D eigenvalue weighted by Crippen LogP contribution is 2.30. The molecule has 0 bridgehead atoms. The minimum Gasteiger partial charge on any atom is -0.207 e. The van der Waals surface area contributed by atoms with Gasteiger partial charge in [0, 0.05) is 15.7 Å². The summed E-state index contributed by atoms with van der Waals surface area (Å²) in [5.74, 6) is 0. The van der Waals surface area contributed by atoms with E-state index in [1.807, 2.05) is 57.2 Å². The maximum atomic E-state index is 12.6. The van der Waals surface area contributed by atoms with Crippen LogP contribution in [0.25, 0.3) is 0 Å². The minimum absolute atomic E-state index is 0.109. The lowest BCUT2D eigenvalue weighted by Crippen LogP contribution is -2.44. The molecule has 0 radical (unpaired) electrons. The molecule has 0 spiro atoms. The zero-order chi connectivity index (χ0) is 18.5.